The summed E-state index contributed by atoms with van der Waals surface area (Å²) in [6.07, 6.45) is 5.59. The maximum absolute atomic E-state index is 13.0. The van der Waals surface area contributed by atoms with Crippen molar-refractivity contribution in [1.82, 2.24) is 19.7 Å². The van der Waals surface area contributed by atoms with Crippen LogP contribution in [0.2, 0.25) is 0 Å². The zero-order valence-electron chi connectivity index (χ0n) is 18.2. The summed E-state index contributed by atoms with van der Waals surface area (Å²) in [6, 6.07) is 11.0. The van der Waals surface area contributed by atoms with Crippen molar-refractivity contribution in [1.29, 1.82) is 0 Å². The fourth-order valence-electron chi connectivity index (χ4n) is 4.96. The molecule has 2 aliphatic rings. The number of nitrogens with one attached hydrogen (secondary N) is 1. The maximum atomic E-state index is 13.0. The second-order valence-electron chi connectivity index (χ2n) is 8.63. The van der Waals surface area contributed by atoms with Crippen LogP contribution in [0.1, 0.15) is 50.0 Å². The molecule has 0 spiro atoms. The number of hydrogen-bond donors (Lipinski definition) is 1. The van der Waals surface area contributed by atoms with E-state index in [2.05, 4.69) is 64.0 Å². The highest BCUT2D eigenvalue weighted by atomic mass is 32.2. The summed E-state index contributed by atoms with van der Waals surface area (Å²) in [5, 5.41) is 9.82. The van der Waals surface area contributed by atoms with Crippen molar-refractivity contribution in [3.8, 4) is 0 Å². The van der Waals surface area contributed by atoms with Crippen molar-refractivity contribution in [2.75, 3.05) is 31.9 Å². The second kappa shape index (κ2) is 9.96. The molecule has 1 unspecified atom stereocenters. The van der Waals surface area contributed by atoms with Crippen molar-refractivity contribution < 1.29 is 9.69 Å². The Morgan fingerprint density at radius 1 is 1.17 bits per heavy atom. The SMILES string of the molecule is CCSc1nnc([C@H]2CCC[NH+]2CC(=O)N2CCC(Cc3ccccc3)CC2)n1C. The molecule has 2 aliphatic heterocycles. The summed E-state index contributed by atoms with van der Waals surface area (Å²) >= 11 is 1.72. The van der Waals surface area contributed by atoms with Gasteiger partial charge in [-0.05, 0) is 36.5 Å². The van der Waals surface area contributed by atoms with Crippen LogP contribution < -0.4 is 4.90 Å². The van der Waals surface area contributed by atoms with Gasteiger partial charge in [0.2, 0.25) is 0 Å². The minimum atomic E-state index is 0.285. The topological polar surface area (TPSA) is 55.5 Å². The quantitative estimate of drug-likeness (QED) is 0.687. The lowest BCUT2D eigenvalue weighted by atomic mass is 9.90. The van der Waals surface area contributed by atoms with Gasteiger partial charge in [-0.15, -0.1) is 10.2 Å². The van der Waals surface area contributed by atoms with Crippen molar-refractivity contribution >= 4 is 17.7 Å². The van der Waals surface area contributed by atoms with Crippen LogP contribution in [0.3, 0.4) is 0 Å². The lowest BCUT2D eigenvalue weighted by Gasteiger charge is -2.33. The lowest BCUT2D eigenvalue weighted by Crippen LogP contribution is -3.11. The van der Waals surface area contributed by atoms with Crippen LogP contribution in [0, 0.1) is 5.92 Å². The molecule has 1 aromatic heterocycles. The third-order valence-corrected chi connectivity index (χ3v) is 7.55. The molecule has 1 aromatic carbocycles. The van der Waals surface area contributed by atoms with Crippen molar-refractivity contribution in [2.45, 2.75) is 50.2 Å². The molecule has 162 valence electrons. The maximum Gasteiger partial charge on any atom is 0.277 e. The van der Waals surface area contributed by atoms with Gasteiger partial charge in [0.05, 0.1) is 6.54 Å². The highest BCUT2D eigenvalue weighted by Crippen LogP contribution is 2.23. The number of likely N-dealkylation sites (tertiary alicyclic amines) is 2. The van der Waals surface area contributed by atoms with Crippen molar-refractivity contribution in [3.63, 3.8) is 0 Å². The van der Waals surface area contributed by atoms with Gasteiger partial charge < -0.3 is 14.4 Å². The second-order valence-corrected chi connectivity index (χ2v) is 9.86. The lowest BCUT2D eigenvalue weighted by molar-refractivity contribution is -0.911. The van der Waals surface area contributed by atoms with Gasteiger partial charge in [-0.3, -0.25) is 4.79 Å². The van der Waals surface area contributed by atoms with Crippen LogP contribution in [0.4, 0.5) is 0 Å². The van der Waals surface area contributed by atoms with Crippen molar-refractivity contribution in [2.24, 2.45) is 13.0 Å². The molecule has 30 heavy (non-hydrogen) atoms. The van der Waals surface area contributed by atoms with Gasteiger partial charge in [0.1, 0.15) is 6.04 Å². The average molecular weight is 429 g/mol. The van der Waals surface area contributed by atoms with Gasteiger partial charge in [0.15, 0.2) is 17.5 Å². The molecule has 0 saturated carbocycles. The summed E-state index contributed by atoms with van der Waals surface area (Å²) in [4.78, 5) is 16.5. The van der Waals surface area contributed by atoms with Gasteiger partial charge in [0, 0.05) is 33.0 Å². The zero-order chi connectivity index (χ0) is 20.9. The summed E-state index contributed by atoms with van der Waals surface area (Å²) in [5.74, 6) is 3.02. The average Bonchev–Trinajstić information content (AvgIpc) is 3.36. The standard InChI is InChI=1S/C23H33N5OS/c1-3-30-23-25-24-22(26(23)2)20-10-7-13-28(20)17-21(29)27-14-11-19(12-15-27)16-18-8-5-4-6-9-18/h4-6,8-9,19-20H,3,7,10-17H2,1-2H3/p+1/t20-/m1/s1. The van der Waals surface area contributed by atoms with E-state index in [0.717, 1.165) is 68.5 Å². The van der Waals surface area contributed by atoms with E-state index in [4.69, 9.17) is 0 Å². The molecule has 6 nitrogen and oxygen atoms in total. The van der Waals surface area contributed by atoms with Crippen LogP contribution in [0.15, 0.2) is 35.5 Å². The number of nitrogens with zero attached hydrogens (tertiary/aromatic N) is 4. The smallest absolute Gasteiger partial charge is 0.277 e. The molecule has 0 radical (unpaired) electrons. The minimum Gasteiger partial charge on any atom is -0.338 e. The van der Waals surface area contributed by atoms with Gasteiger partial charge in [-0.25, -0.2) is 0 Å². The van der Waals surface area contributed by atoms with Crippen LogP contribution >= 0.6 is 11.8 Å². The normalized spacial score (nSPS) is 22.5. The summed E-state index contributed by atoms with van der Waals surface area (Å²) in [7, 11) is 2.06. The van der Waals surface area contributed by atoms with Gasteiger partial charge in [0.25, 0.3) is 5.91 Å². The summed E-state index contributed by atoms with van der Waals surface area (Å²) in [5.41, 5.74) is 1.41. The first-order chi connectivity index (χ1) is 14.7. The number of piperidine rings is 1. The molecule has 4 rings (SSSR count). The number of benzene rings is 1. The molecule has 1 amide bonds. The predicted molar refractivity (Wildman–Crippen MR) is 120 cm³/mol. The Balaban J connectivity index is 1.30. The Labute approximate surface area is 184 Å². The Morgan fingerprint density at radius 2 is 1.93 bits per heavy atom. The Morgan fingerprint density at radius 3 is 2.67 bits per heavy atom. The van der Waals surface area contributed by atoms with E-state index in [9.17, 15) is 4.79 Å². The molecule has 2 atom stereocenters. The van der Waals surface area contributed by atoms with Crippen molar-refractivity contribution in [3.05, 3.63) is 41.7 Å². The van der Waals surface area contributed by atoms with Gasteiger partial charge in [-0.1, -0.05) is 49.0 Å². The first-order valence-corrected chi connectivity index (χ1v) is 12.3. The molecule has 2 saturated heterocycles. The number of aromatic nitrogens is 3. The summed E-state index contributed by atoms with van der Waals surface area (Å²) in [6.45, 7) is 5.56. The zero-order valence-corrected chi connectivity index (χ0v) is 19.0. The van der Waals surface area contributed by atoms with Crippen LogP contribution in [0.5, 0.6) is 0 Å². The Kier molecular flexibility index (Phi) is 7.10. The molecule has 0 aliphatic carbocycles. The number of hydrogen-bond acceptors (Lipinski definition) is 4. The molecule has 7 heteroatoms. The number of carbonyl (C=O) groups excluding carboxylic acids is 1. The van der Waals surface area contributed by atoms with E-state index in [1.807, 2.05) is 0 Å². The molecule has 2 fully saturated rings. The largest absolute Gasteiger partial charge is 0.338 e. The third kappa shape index (κ3) is 4.89. The highest BCUT2D eigenvalue weighted by Gasteiger charge is 2.36. The molecular weight excluding hydrogens is 394 g/mol. The van der Waals surface area contributed by atoms with E-state index < -0.39 is 0 Å². The van der Waals surface area contributed by atoms with Crippen LogP contribution in [-0.2, 0) is 18.3 Å². The van der Waals surface area contributed by atoms with E-state index in [1.165, 1.54) is 10.5 Å². The number of quaternary nitrogens is 1. The number of thioether (sulfide) groups is 1. The highest BCUT2D eigenvalue weighted by molar-refractivity contribution is 7.99. The first-order valence-electron chi connectivity index (χ1n) is 11.3. The third-order valence-electron chi connectivity index (χ3n) is 6.65. The number of rotatable bonds is 7. The van der Waals surface area contributed by atoms with E-state index >= 15 is 0 Å². The monoisotopic (exact) mass is 428 g/mol. The van der Waals surface area contributed by atoms with Gasteiger partial charge in [-0.2, -0.15) is 0 Å². The predicted octanol–water partition coefficient (Wildman–Crippen LogP) is 2.13. The molecule has 0 bridgehead atoms. The first kappa shape index (κ1) is 21.4. The minimum absolute atomic E-state index is 0.285. The van der Waals surface area contributed by atoms with Crippen LogP contribution in [0.25, 0.3) is 0 Å². The molecule has 3 heterocycles. The molecule has 2 aromatic rings. The number of carbonyl (C=O) groups is 1. The fraction of sp³-hybridized carbons (Fsp3) is 0.609. The Bertz CT molecular complexity index is 831. The summed E-state index contributed by atoms with van der Waals surface area (Å²) < 4.78 is 2.13. The van der Waals surface area contributed by atoms with E-state index in [0.29, 0.717) is 18.4 Å². The molecular formula is C23H34N5OS+. The Hall–Kier alpha value is -1.86. The molecule has 1 N–H and O–H groups in total. The van der Waals surface area contributed by atoms with E-state index in [1.54, 1.807) is 11.8 Å². The van der Waals surface area contributed by atoms with Gasteiger partial charge >= 0.3 is 0 Å². The van der Waals surface area contributed by atoms with E-state index in [-0.39, 0.29) is 6.04 Å². The van der Waals surface area contributed by atoms with Crippen LogP contribution in [-0.4, -0.2) is 57.5 Å². The number of amides is 1. The fourth-order valence-corrected chi connectivity index (χ4v) is 5.60.